The second-order valence-corrected chi connectivity index (χ2v) is 6.47. The first-order valence-electron chi connectivity index (χ1n) is 5.56. The predicted octanol–water partition coefficient (Wildman–Crippen LogP) is 1.74. The maximum absolute atomic E-state index is 11.6. The lowest BCUT2D eigenvalue weighted by atomic mass is 10.3. The zero-order valence-electron chi connectivity index (χ0n) is 10.4. The van der Waals surface area contributed by atoms with Gasteiger partial charge in [0, 0.05) is 39.0 Å². The molecule has 0 aromatic heterocycles. The Bertz CT molecular complexity index is 423. The highest BCUT2D eigenvalue weighted by Crippen LogP contribution is 2.13. The van der Waals surface area contributed by atoms with E-state index in [9.17, 15) is 9.00 Å². The molecule has 0 fully saturated rings. The van der Waals surface area contributed by atoms with Crippen molar-refractivity contribution < 1.29 is 9.00 Å². The van der Waals surface area contributed by atoms with Crippen molar-refractivity contribution in [3.8, 4) is 0 Å². The van der Waals surface area contributed by atoms with Crippen LogP contribution in [0.3, 0.4) is 0 Å². The van der Waals surface area contributed by atoms with E-state index in [0.717, 1.165) is 10.2 Å². The van der Waals surface area contributed by atoms with E-state index in [4.69, 9.17) is 0 Å². The van der Waals surface area contributed by atoms with Crippen LogP contribution in [0.2, 0.25) is 0 Å². The highest BCUT2D eigenvalue weighted by molar-refractivity contribution is 9.10. The molecule has 2 unspecified atom stereocenters. The smallest absolute Gasteiger partial charge is 0.238 e. The Morgan fingerprint density at radius 3 is 2.56 bits per heavy atom. The summed E-state index contributed by atoms with van der Waals surface area (Å²) in [6.45, 7) is 2.13. The van der Waals surface area contributed by atoms with Crippen LogP contribution in [0.1, 0.15) is 6.92 Å². The van der Waals surface area contributed by atoms with Gasteiger partial charge in [0.25, 0.3) is 0 Å². The highest BCUT2D eigenvalue weighted by atomic mass is 79.9. The van der Waals surface area contributed by atoms with Crippen LogP contribution in [-0.4, -0.2) is 34.7 Å². The first-order valence-corrected chi connectivity index (χ1v) is 8.08. The summed E-state index contributed by atoms with van der Waals surface area (Å²) >= 11 is 3.33. The lowest BCUT2D eigenvalue weighted by Crippen LogP contribution is -2.37. The fourth-order valence-corrected chi connectivity index (χ4v) is 2.50. The summed E-state index contributed by atoms with van der Waals surface area (Å²) in [4.78, 5) is 11.6. The fraction of sp³-hybridized carbons (Fsp3) is 0.417. The maximum Gasteiger partial charge on any atom is 0.238 e. The number of nitrogens with one attached hydrogen (secondary N) is 2. The van der Waals surface area contributed by atoms with E-state index in [1.54, 1.807) is 6.26 Å². The molecule has 0 aliphatic rings. The number of anilines is 1. The van der Waals surface area contributed by atoms with Gasteiger partial charge >= 0.3 is 0 Å². The molecule has 2 N–H and O–H groups in total. The van der Waals surface area contributed by atoms with Crippen molar-refractivity contribution >= 4 is 38.3 Å². The van der Waals surface area contributed by atoms with Gasteiger partial charge in [-0.05, 0) is 31.2 Å². The molecule has 0 bridgehead atoms. The highest BCUT2D eigenvalue weighted by Gasteiger charge is 2.07. The zero-order valence-corrected chi connectivity index (χ0v) is 12.8. The molecule has 1 aromatic carbocycles. The molecular weight excluding hydrogens is 316 g/mol. The molecule has 6 heteroatoms. The number of hydrogen-bond donors (Lipinski definition) is 2. The first kappa shape index (κ1) is 15.3. The molecule has 0 spiro atoms. The van der Waals surface area contributed by atoms with Gasteiger partial charge in [-0.1, -0.05) is 15.9 Å². The van der Waals surface area contributed by atoms with Gasteiger partial charge < -0.3 is 10.6 Å². The van der Waals surface area contributed by atoms with Gasteiger partial charge in [0.15, 0.2) is 0 Å². The summed E-state index contributed by atoms with van der Waals surface area (Å²) in [7, 11) is -0.850. The van der Waals surface area contributed by atoms with E-state index in [1.807, 2.05) is 31.2 Å². The molecule has 4 nitrogen and oxygen atoms in total. The number of rotatable bonds is 6. The first-order chi connectivity index (χ1) is 8.47. The average Bonchev–Trinajstić information content (AvgIpc) is 2.29. The third kappa shape index (κ3) is 6.28. The number of benzene rings is 1. The quantitative estimate of drug-likeness (QED) is 0.834. The van der Waals surface area contributed by atoms with Crippen LogP contribution in [0.5, 0.6) is 0 Å². The lowest BCUT2D eigenvalue weighted by Gasteiger charge is -2.12. The minimum atomic E-state index is -0.850. The van der Waals surface area contributed by atoms with E-state index < -0.39 is 10.8 Å². The molecule has 18 heavy (non-hydrogen) atoms. The van der Waals surface area contributed by atoms with Gasteiger partial charge in [-0.25, -0.2) is 0 Å². The Hall–Kier alpha value is -0.720. The van der Waals surface area contributed by atoms with E-state index in [0.29, 0.717) is 5.75 Å². The monoisotopic (exact) mass is 332 g/mol. The van der Waals surface area contributed by atoms with Gasteiger partial charge in [-0.15, -0.1) is 0 Å². The predicted molar refractivity (Wildman–Crippen MR) is 79.2 cm³/mol. The molecular formula is C12H17BrN2O2S. The summed E-state index contributed by atoms with van der Waals surface area (Å²) in [5.41, 5.74) is 0.761. The van der Waals surface area contributed by atoms with E-state index >= 15 is 0 Å². The minimum Gasteiger partial charge on any atom is -0.325 e. The number of hydrogen-bond acceptors (Lipinski definition) is 3. The molecule has 1 aromatic rings. The second-order valence-electron chi connectivity index (χ2n) is 4.08. The molecule has 100 valence electrons. The Morgan fingerprint density at radius 1 is 1.39 bits per heavy atom. The van der Waals surface area contributed by atoms with E-state index in [1.165, 1.54) is 0 Å². The van der Waals surface area contributed by atoms with Crippen molar-refractivity contribution in [1.29, 1.82) is 0 Å². The Kier molecular flexibility index (Phi) is 6.52. The number of carbonyl (C=O) groups is 1. The Labute approximate surface area is 118 Å². The molecule has 0 heterocycles. The molecule has 0 radical (unpaired) electrons. The van der Waals surface area contributed by atoms with Gasteiger partial charge in [0.1, 0.15) is 0 Å². The van der Waals surface area contributed by atoms with Crippen LogP contribution in [0.15, 0.2) is 28.7 Å². The standard InChI is InChI=1S/C12H17BrN2O2S/c1-9(8-18(2)17)14-7-12(16)15-11-5-3-10(13)4-6-11/h3-6,9,14H,7-8H2,1-2H3,(H,15,16). The molecule has 0 aliphatic heterocycles. The Balaban J connectivity index is 2.33. The maximum atomic E-state index is 11.6. The molecule has 1 amide bonds. The number of halogens is 1. The number of amides is 1. The second kappa shape index (κ2) is 7.66. The van der Waals surface area contributed by atoms with Gasteiger partial charge in [-0.2, -0.15) is 0 Å². The van der Waals surface area contributed by atoms with Crippen LogP contribution in [0.25, 0.3) is 0 Å². The normalized spacial score (nSPS) is 13.9. The SMILES string of the molecule is CC(CS(C)=O)NCC(=O)Nc1ccc(Br)cc1. The molecule has 0 aliphatic carbocycles. The van der Waals surface area contributed by atoms with Crippen molar-refractivity contribution in [2.24, 2.45) is 0 Å². The topological polar surface area (TPSA) is 58.2 Å². The van der Waals surface area contributed by atoms with Crippen LogP contribution in [-0.2, 0) is 15.6 Å². The van der Waals surface area contributed by atoms with Crippen LogP contribution in [0.4, 0.5) is 5.69 Å². The van der Waals surface area contributed by atoms with E-state index in [2.05, 4.69) is 26.6 Å². The van der Waals surface area contributed by atoms with Gasteiger partial charge in [0.05, 0.1) is 6.54 Å². The summed E-state index contributed by atoms with van der Waals surface area (Å²) in [5.74, 6) is 0.442. The van der Waals surface area contributed by atoms with Crippen LogP contribution in [0, 0.1) is 0 Å². The average molecular weight is 333 g/mol. The van der Waals surface area contributed by atoms with Crippen molar-refractivity contribution in [2.75, 3.05) is 23.9 Å². The van der Waals surface area contributed by atoms with Crippen molar-refractivity contribution in [3.05, 3.63) is 28.7 Å². The van der Waals surface area contributed by atoms with Crippen LogP contribution >= 0.6 is 15.9 Å². The molecule has 1 rings (SSSR count). The molecule has 2 atom stereocenters. The molecule has 0 saturated heterocycles. The van der Waals surface area contributed by atoms with Crippen molar-refractivity contribution in [3.63, 3.8) is 0 Å². The molecule has 0 saturated carbocycles. The van der Waals surface area contributed by atoms with Gasteiger partial charge in [0.2, 0.25) is 5.91 Å². The summed E-state index contributed by atoms with van der Waals surface area (Å²) < 4.78 is 12.0. The Morgan fingerprint density at radius 2 is 2.00 bits per heavy atom. The van der Waals surface area contributed by atoms with Crippen molar-refractivity contribution in [2.45, 2.75) is 13.0 Å². The third-order valence-corrected chi connectivity index (χ3v) is 3.72. The zero-order chi connectivity index (χ0) is 13.5. The van der Waals surface area contributed by atoms with E-state index in [-0.39, 0.29) is 18.5 Å². The largest absolute Gasteiger partial charge is 0.325 e. The number of carbonyl (C=O) groups excluding carboxylic acids is 1. The van der Waals surface area contributed by atoms with Gasteiger partial charge in [-0.3, -0.25) is 9.00 Å². The fourth-order valence-electron chi connectivity index (χ4n) is 1.42. The minimum absolute atomic E-state index is 0.0616. The third-order valence-electron chi connectivity index (χ3n) is 2.22. The summed E-state index contributed by atoms with van der Waals surface area (Å²) in [6, 6.07) is 7.45. The summed E-state index contributed by atoms with van der Waals surface area (Å²) in [5, 5.41) is 5.81. The van der Waals surface area contributed by atoms with Crippen molar-refractivity contribution in [1.82, 2.24) is 5.32 Å². The van der Waals surface area contributed by atoms with Crippen LogP contribution < -0.4 is 10.6 Å². The summed E-state index contributed by atoms with van der Waals surface area (Å²) in [6.07, 6.45) is 1.65. The lowest BCUT2D eigenvalue weighted by molar-refractivity contribution is -0.115.